The summed E-state index contributed by atoms with van der Waals surface area (Å²) in [6.45, 7) is 0.372. The highest BCUT2D eigenvalue weighted by molar-refractivity contribution is 7.91. The Balaban J connectivity index is 2.14. The fraction of sp³-hybridized carbons (Fsp3) is 0.778. The Morgan fingerprint density at radius 2 is 2.06 bits per heavy atom. The van der Waals surface area contributed by atoms with Crippen LogP contribution in [0.5, 0.6) is 0 Å². The molecule has 1 aromatic rings. The molecule has 0 atom stereocenters. The third-order valence-electron chi connectivity index (χ3n) is 3.35. The molecule has 2 rings (SSSR count). The molecule has 1 aliphatic heterocycles. The third kappa shape index (κ3) is 2.75. The first kappa shape index (κ1) is 12.3. The van der Waals surface area contributed by atoms with E-state index < -0.39 is 15.6 Å². The van der Waals surface area contributed by atoms with Crippen molar-refractivity contribution in [3.05, 3.63) is 16.4 Å². The standard InChI is InChI=1S/C9H15N3O4S/c10-6-9(1-3-17(14,15)4-2-9)5-7-11-8(13)16-12-7/h1-6,10H2,(H,11,12,13). The Morgan fingerprint density at radius 1 is 1.41 bits per heavy atom. The van der Waals surface area contributed by atoms with Crippen molar-refractivity contribution in [3.8, 4) is 0 Å². The summed E-state index contributed by atoms with van der Waals surface area (Å²) in [4.78, 5) is 13.3. The van der Waals surface area contributed by atoms with Crippen LogP contribution in [0.4, 0.5) is 0 Å². The predicted molar refractivity (Wildman–Crippen MR) is 60.2 cm³/mol. The van der Waals surface area contributed by atoms with E-state index in [0.29, 0.717) is 31.6 Å². The Bertz CT molecular complexity index is 531. The molecule has 96 valence electrons. The van der Waals surface area contributed by atoms with Crippen molar-refractivity contribution in [1.82, 2.24) is 10.1 Å². The van der Waals surface area contributed by atoms with Crippen molar-refractivity contribution in [2.24, 2.45) is 11.1 Å². The van der Waals surface area contributed by atoms with E-state index >= 15 is 0 Å². The topological polar surface area (TPSA) is 119 Å². The van der Waals surface area contributed by atoms with E-state index in [1.165, 1.54) is 0 Å². The maximum Gasteiger partial charge on any atom is 0.438 e. The highest BCUT2D eigenvalue weighted by atomic mass is 32.2. The van der Waals surface area contributed by atoms with Crippen molar-refractivity contribution in [2.45, 2.75) is 19.3 Å². The number of nitrogens with one attached hydrogen (secondary N) is 1. The number of aromatic nitrogens is 2. The molecule has 0 unspecified atom stereocenters. The van der Waals surface area contributed by atoms with Gasteiger partial charge in [-0.3, -0.25) is 9.51 Å². The highest BCUT2D eigenvalue weighted by Crippen LogP contribution is 2.34. The maximum absolute atomic E-state index is 11.4. The first-order valence-electron chi connectivity index (χ1n) is 5.40. The molecule has 17 heavy (non-hydrogen) atoms. The molecular weight excluding hydrogens is 246 g/mol. The van der Waals surface area contributed by atoms with Gasteiger partial charge in [0.1, 0.15) is 9.84 Å². The molecule has 0 radical (unpaired) electrons. The number of H-pyrrole nitrogens is 1. The van der Waals surface area contributed by atoms with Gasteiger partial charge < -0.3 is 5.73 Å². The summed E-state index contributed by atoms with van der Waals surface area (Å²) in [5, 5.41) is 3.59. The number of nitrogens with zero attached hydrogens (tertiary/aromatic N) is 1. The van der Waals surface area contributed by atoms with Gasteiger partial charge in [0.05, 0.1) is 11.5 Å². The van der Waals surface area contributed by atoms with E-state index in [9.17, 15) is 13.2 Å². The SMILES string of the molecule is NCC1(Cc2noc(=O)[nH]2)CCS(=O)(=O)CC1. The van der Waals surface area contributed by atoms with E-state index in [-0.39, 0.29) is 16.9 Å². The molecule has 7 nitrogen and oxygen atoms in total. The molecule has 1 aromatic heterocycles. The Morgan fingerprint density at radius 3 is 2.53 bits per heavy atom. The minimum Gasteiger partial charge on any atom is -0.330 e. The van der Waals surface area contributed by atoms with Crippen LogP contribution in [0.3, 0.4) is 0 Å². The van der Waals surface area contributed by atoms with E-state index in [1.54, 1.807) is 0 Å². The summed E-state index contributed by atoms with van der Waals surface area (Å²) >= 11 is 0. The van der Waals surface area contributed by atoms with Crippen molar-refractivity contribution in [3.63, 3.8) is 0 Å². The lowest BCUT2D eigenvalue weighted by molar-refractivity contribution is 0.254. The van der Waals surface area contributed by atoms with Gasteiger partial charge >= 0.3 is 5.76 Å². The van der Waals surface area contributed by atoms with Gasteiger partial charge in [-0.05, 0) is 24.8 Å². The highest BCUT2D eigenvalue weighted by Gasteiger charge is 2.37. The average Bonchev–Trinajstić information content (AvgIpc) is 2.68. The second-order valence-corrected chi connectivity index (χ2v) is 6.88. The van der Waals surface area contributed by atoms with Crippen LogP contribution in [0.1, 0.15) is 18.7 Å². The summed E-state index contributed by atoms with van der Waals surface area (Å²) in [7, 11) is -2.92. The number of hydrogen-bond acceptors (Lipinski definition) is 6. The van der Waals surface area contributed by atoms with Crippen molar-refractivity contribution < 1.29 is 12.9 Å². The maximum atomic E-state index is 11.4. The molecule has 1 saturated heterocycles. The van der Waals surface area contributed by atoms with E-state index in [0.717, 1.165) is 0 Å². The Labute approximate surface area is 98.3 Å². The second kappa shape index (κ2) is 4.26. The van der Waals surface area contributed by atoms with E-state index in [1.807, 2.05) is 0 Å². The van der Waals surface area contributed by atoms with Crippen LogP contribution in [0.15, 0.2) is 9.32 Å². The summed E-state index contributed by atoms with van der Waals surface area (Å²) in [6, 6.07) is 0. The molecule has 0 aromatic carbocycles. The van der Waals surface area contributed by atoms with Crippen LogP contribution < -0.4 is 11.5 Å². The van der Waals surface area contributed by atoms with Gasteiger partial charge in [-0.1, -0.05) is 5.16 Å². The zero-order chi connectivity index (χ0) is 12.5. The minimum absolute atomic E-state index is 0.145. The van der Waals surface area contributed by atoms with Gasteiger partial charge in [0.15, 0.2) is 5.82 Å². The molecular formula is C9H15N3O4S. The summed E-state index contributed by atoms with van der Waals surface area (Å²) in [6.07, 6.45) is 1.45. The number of hydrogen-bond donors (Lipinski definition) is 2. The lowest BCUT2D eigenvalue weighted by Gasteiger charge is -2.35. The van der Waals surface area contributed by atoms with Crippen LogP contribution in [0.25, 0.3) is 0 Å². The molecule has 0 saturated carbocycles. The Hall–Kier alpha value is -1.15. The first-order valence-corrected chi connectivity index (χ1v) is 7.22. The smallest absolute Gasteiger partial charge is 0.330 e. The molecule has 1 fully saturated rings. The van der Waals surface area contributed by atoms with Gasteiger partial charge in [0.25, 0.3) is 0 Å². The molecule has 2 heterocycles. The van der Waals surface area contributed by atoms with Crippen molar-refractivity contribution in [1.29, 1.82) is 0 Å². The predicted octanol–water partition coefficient (Wildman–Crippen LogP) is -0.941. The number of aromatic amines is 1. The lowest BCUT2D eigenvalue weighted by atomic mass is 9.79. The van der Waals surface area contributed by atoms with Crippen molar-refractivity contribution >= 4 is 9.84 Å². The second-order valence-electron chi connectivity index (χ2n) is 4.57. The Kier molecular flexibility index (Phi) is 3.09. The summed E-state index contributed by atoms with van der Waals surface area (Å²) in [5.41, 5.74) is 5.44. The number of sulfone groups is 1. The monoisotopic (exact) mass is 261 g/mol. The van der Waals surface area contributed by atoms with Gasteiger partial charge in [-0.25, -0.2) is 13.2 Å². The van der Waals surface area contributed by atoms with Gasteiger partial charge in [-0.15, -0.1) is 0 Å². The number of rotatable bonds is 3. The van der Waals surface area contributed by atoms with Crippen LogP contribution in [0.2, 0.25) is 0 Å². The fourth-order valence-electron chi connectivity index (χ4n) is 2.12. The van der Waals surface area contributed by atoms with E-state index in [2.05, 4.69) is 14.7 Å². The average molecular weight is 261 g/mol. The van der Waals surface area contributed by atoms with E-state index in [4.69, 9.17) is 5.73 Å². The number of nitrogens with two attached hydrogens (primary N) is 1. The van der Waals surface area contributed by atoms with Crippen LogP contribution in [-0.4, -0.2) is 36.6 Å². The first-order chi connectivity index (χ1) is 7.95. The zero-order valence-corrected chi connectivity index (χ0v) is 10.1. The quantitative estimate of drug-likeness (QED) is 0.724. The molecule has 0 bridgehead atoms. The lowest BCUT2D eigenvalue weighted by Crippen LogP contribution is -2.41. The van der Waals surface area contributed by atoms with Crippen LogP contribution in [0, 0.1) is 5.41 Å². The molecule has 1 aliphatic rings. The third-order valence-corrected chi connectivity index (χ3v) is 5.00. The van der Waals surface area contributed by atoms with Crippen LogP contribution >= 0.6 is 0 Å². The van der Waals surface area contributed by atoms with Gasteiger partial charge in [0.2, 0.25) is 0 Å². The molecule has 0 spiro atoms. The van der Waals surface area contributed by atoms with Crippen LogP contribution in [-0.2, 0) is 16.3 Å². The van der Waals surface area contributed by atoms with Crippen molar-refractivity contribution in [2.75, 3.05) is 18.1 Å². The van der Waals surface area contributed by atoms with Gasteiger partial charge in [-0.2, -0.15) is 0 Å². The van der Waals surface area contributed by atoms with Gasteiger partial charge in [0, 0.05) is 6.42 Å². The fourth-order valence-corrected chi connectivity index (χ4v) is 3.81. The largest absolute Gasteiger partial charge is 0.438 e. The molecule has 3 N–H and O–H groups in total. The molecule has 0 amide bonds. The summed E-state index contributed by atoms with van der Waals surface area (Å²) in [5.74, 6) is 0.119. The molecule has 8 heteroatoms. The normalized spacial score (nSPS) is 22.4. The minimum atomic E-state index is -2.92. The zero-order valence-electron chi connectivity index (χ0n) is 9.31. The summed E-state index contributed by atoms with van der Waals surface area (Å²) < 4.78 is 27.2. The molecule has 0 aliphatic carbocycles.